The van der Waals surface area contributed by atoms with Crippen molar-refractivity contribution in [3.05, 3.63) is 65.1 Å². The highest BCUT2D eigenvalue weighted by Crippen LogP contribution is 2.22. The third-order valence-electron chi connectivity index (χ3n) is 4.62. The van der Waals surface area contributed by atoms with Crippen LogP contribution in [0.3, 0.4) is 0 Å². The summed E-state index contributed by atoms with van der Waals surface area (Å²) >= 11 is 0. The van der Waals surface area contributed by atoms with E-state index in [1.54, 1.807) is 11.0 Å². The molecule has 5 nitrogen and oxygen atoms in total. The van der Waals surface area contributed by atoms with E-state index in [1.165, 1.54) is 6.07 Å². The highest BCUT2D eigenvalue weighted by Gasteiger charge is 2.28. The maximum atomic E-state index is 13.3. The highest BCUT2D eigenvalue weighted by atomic mass is 19.1. The minimum atomic E-state index is -0.529. The lowest BCUT2D eigenvalue weighted by Crippen LogP contribution is -2.54. The molecule has 0 radical (unpaired) electrons. The minimum Gasteiger partial charge on any atom is -0.352 e. The Kier molecular flexibility index (Phi) is 5.51. The molecule has 1 aliphatic heterocycles. The summed E-state index contributed by atoms with van der Waals surface area (Å²) < 4.78 is 13.3. The van der Waals surface area contributed by atoms with Gasteiger partial charge in [0.05, 0.1) is 11.8 Å². The smallest absolute Gasteiger partial charge is 0.246 e. The number of aromatic nitrogens is 1. The van der Waals surface area contributed by atoms with E-state index in [2.05, 4.69) is 4.98 Å². The summed E-state index contributed by atoms with van der Waals surface area (Å²) in [5, 5.41) is 9.22. The van der Waals surface area contributed by atoms with E-state index in [-0.39, 0.29) is 17.5 Å². The van der Waals surface area contributed by atoms with Crippen LogP contribution in [0.2, 0.25) is 0 Å². The van der Waals surface area contributed by atoms with Crippen LogP contribution in [-0.4, -0.2) is 41.5 Å². The van der Waals surface area contributed by atoms with Crippen LogP contribution in [0, 0.1) is 24.1 Å². The minimum absolute atomic E-state index is 0.0452. The summed E-state index contributed by atoms with van der Waals surface area (Å²) in [6.07, 6.45) is 4.53. The molecule has 0 saturated carbocycles. The predicted octanol–water partition coefficient (Wildman–Crippen LogP) is 3.15. The van der Waals surface area contributed by atoms with E-state index in [4.69, 9.17) is 0 Å². The molecule has 0 unspecified atom stereocenters. The predicted molar refractivity (Wildman–Crippen MR) is 103 cm³/mol. The van der Waals surface area contributed by atoms with Crippen LogP contribution in [0.1, 0.15) is 23.6 Å². The number of anilines is 1. The quantitative estimate of drug-likeness (QED) is 0.785. The number of hydrogen-bond acceptors (Lipinski definition) is 4. The average Bonchev–Trinajstić information content (AvgIpc) is 2.66. The van der Waals surface area contributed by atoms with Gasteiger partial charge in [-0.15, -0.1) is 0 Å². The standard InChI is InChI=1S/C21H21FN4O/c1-15-4-3-5-17(10-15)6-7-20(27)26-9-8-25(14-16(26)2)21-18(12-23)11-19(22)13-24-21/h3-7,10-11,13,16H,8-9,14H2,1-2H3/b7-6+/t16-/m1/s1. The normalized spacial score (nSPS) is 17.2. The fourth-order valence-corrected chi connectivity index (χ4v) is 3.28. The molecule has 1 aromatic carbocycles. The van der Waals surface area contributed by atoms with Crippen molar-refractivity contribution in [1.82, 2.24) is 9.88 Å². The van der Waals surface area contributed by atoms with Crippen LogP contribution in [0.15, 0.2) is 42.6 Å². The molecule has 2 aromatic rings. The number of amides is 1. The maximum absolute atomic E-state index is 13.3. The summed E-state index contributed by atoms with van der Waals surface area (Å²) in [4.78, 5) is 20.4. The van der Waals surface area contributed by atoms with Crippen molar-refractivity contribution in [2.45, 2.75) is 19.9 Å². The van der Waals surface area contributed by atoms with Gasteiger partial charge in [-0.2, -0.15) is 5.26 Å². The molecule has 0 bridgehead atoms. The number of aryl methyl sites for hydroxylation is 1. The summed E-state index contributed by atoms with van der Waals surface area (Å²) in [7, 11) is 0. The summed E-state index contributed by atoms with van der Waals surface area (Å²) in [6.45, 7) is 5.57. The van der Waals surface area contributed by atoms with Crippen LogP contribution < -0.4 is 4.90 Å². The van der Waals surface area contributed by atoms with E-state index in [0.717, 1.165) is 17.3 Å². The molecule has 1 amide bonds. The average molecular weight is 364 g/mol. The van der Waals surface area contributed by atoms with Crippen molar-refractivity contribution < 1.29 is 9.18 Å². The van der Waals surface area contributed by atoms with Crippen molar-refractivity contribution in [2.75, 3.05) is 24.5 Å². The fraction of sp³-hybridized carbons (Fsp3) is 0.286. The molecule has 1 aromatic heterocycles. The van der Waals surface area contributed by atoms with Crippen molar-refractivity contribution in [1.29, 1.82) is 5.26 Å². The first-order valence-corrected chi connectivity index (χ1v) is 8.84. The number of nitriles is 1. The first-order valence-electron chi connectivity index (χ1n) is 8.84. The highest BCUT2D eigenvalue weighted by molar-refractivity contribution is 5.92. The Morgan fingerprint density at radius 3 is 2.89 bits per heavy atom. The van der Waals surface area contributed by atoms with Crippen molar-refractivity contribution in [2.24, 2.45) is 0 Å². The van der Waals surface area contributed by atoms with E-state index in [0.29, 0.717) is 25.5 Å². The molecule has 6 heteroatoms. The fourth-order valence-electron chi connectivity index (χ4n) is 3.28. The largest absolute Gasteiger partial charge is 0.352 e. The van der Waals surface area contributed by atoms with Gasteiger partial charge in [0.15, 0.2) is 0 Å². The molecule has 2 heterocycles. The van der Waals surface area contributed by atoms with E-state index in [1.807, 2.05) is 55.2 Å². The number of carbonyl (C=O) groups is 1. The lowest BCUT2D eigenvalue weighted by atomic mass is 10.1. The van der Waals surface area contributed by atoms with E-state index in [9.17, 15) is 14.4 Å². The Labute approximate surface area is 158 Å². The second kappa shape index (κ2) is 8.00. The van der Waals surface area contributed by atoms with Crippen LogP contribution >= 0.6 is 0 Å². The van der Waals surface area contributed by atoms with Gasteiger partial charge in [0, 0.05) is 31.8 Å². The molecule has 0 N–H and O–H groups in total. The van der Waals surface area contributed by atoms with Gasteiger partial charge in [-0.05, 0) is 31.6 Å². The lowest BCUT2D eigenvalue weighted by Gasteiger charge is -2.40. The first kappa shape index (κ1) is 18.6. The Balaban J connectivity index is 1.68. The van der Waals surface area contributed by atoms with Gasteiger partial charge in [-0.1, -0.05) is 29.8 Å². The van der Waals surface area contributed by atoms with Crippen LogP contribution in [-0.2, 0) is 4.79 Å². The Bertz CT molecular complexity index is 919. The van der Waals surface area contributed by atoms with Gasteiger partial charge in [-0.25, -0.2) is 9.37 Å². The third-order valence-corrected chi connectivity index (χ3v) is 4.62. The van der Waals surface area contributed by atoms with Gasteiger partial charge >= 0.3 is 0 Å². The third kappa shape index (κ3) is 4.32. The molecule has 0 spiro atoms. The van der Waals surface area contributed by atoms with E-state index >= 15 is 0 Å². The Morgan fingerprint density at radius 2 is 2.19 bits per heavy atom. The van der Waals surface area contributed by atoms with Crippen molar-refractivity contribution in [3.8, 4) is 6.07 Å². The van der Waals surface area contributed by atoms with Crippen LogP contribution in [0.4, 0.5) is 10.2 Å². The maximum Gasteiger partial charge on any atom is 0.246 e. The number of pyridine rings is 1. The van der Waals surface area contributed by atoms with Crippen LogP contribution in [0.5, 0.6) is 0 Å². The molecular weight excluding hydrogens is 343 g/mol. The monoisotopic (exact) mass is 364 g/mol. The molecule has 0 aliphatic carbocycles. The molecule has 1 fully saturated rings. The van der Waals surface area contributed by atoms with Gasteiger partial charge in [0.2, 0.25) is 5.91 Å². The zero-order chi connectivity index (χ0) is 19.4. The molecule has 138 valence electrons. The topological polar surface area (TPSA) is 60.2 Å². The zero-order valence-corrected chi connectivity index (χ0v) is 15.4. The molecule has 3 rings (SSSR count). The second-order valence-electron chi connectivity index (χ2n) is 6.71. The molecule has 1 atom stereocenters. The van der Waals surface area contributed by atoms with E-state index < -0.39 is 5.82 Å². The summed E-state index contributed by atoms with van der Waals surface area (Å²) in [5.41, 5.74) is 2.34. The SMILES string of the molecule is Cc1cccc(/C=C/C(=O)N2CCN(c3ncc(F)cc3C#N)C[C@H]2C)c1. The first-order chi connectivity index (χ1) is 13.0. The number of benzene rings is 1. The van der Waals surface area contributed by atoms with Gasteiger partial charge in [0.1, 0.15) is 17.7 Å². The number of hydrogen-bond donors (Lipinski definition) is 0. The molecular formula is C21H21FN4O. The van der Waals surface area contributed by atoms with Gasteiger partial charge < -0.3 is 9.80 Å². The van der Waals surface area contributed by atoms with Crippen molar-refractivity contribution >= 4 is 17.8 Å². The lowest BCUT2D eigenvalue weighted by molar-refractivity contribution is -0.128. The second-order valence-corrected chi connectivity index (χ2v) is 6.71. The zero-order valence-electron chi connectivity index (χ0n) is 15.4. The van der Waals surface area contributed by atoms with Gasteiger partial charge in [-0.3, -0.25) is 4.79 Å². The summed E-state index contributed by atoms with van der Waals surface area (Å²) in [6, 6.07) is 11.1. The number of piperazine rings is 1. The Morgan fingerprint density at radius 1 is 1.37 bits per heavy atom. The number of nitrogens with zero attached hydrogens (tertiary/aromatic N) is 4. The van der Waals surface area contributed by atoms with Gasteiger partial charge in [0.25, 0.3) is 0 Å². The molecule has 27 heavy (non-hydrogen) atoms. The summed E-state index contributed by atoms with van der Waals surface area (Å²) in [5.74, 6) is -0.108. The molecule has 1 aliphatic rings. The Hall–Kier alpha value is -3.20. The number of halogens is 1. The van der Waals surface area contributed by atoms with Crippen LogP contribution in [0.25, 0.3) is 6.08 Å². The van der Waals surface area contributed by atoms with Crippen molar-refractivity contribution in [3.63, 3.8) is 0 Å². The number of rotatable bonds is 3. The number of carbonyl (C=O) groups excluding carboxylic acids is 1. The molecule has 1 saturated heterocycles.